The largest absolute Gasteiger partial charge is 0.357 e. The molecule has 5 heteroatoms. The van der Waals surface area contributed by atoms with Crippen molar-refractivity contribution in [3.05, 3.63) is 42.2 Å². The van der Waals surface area contributed by atoms with Crippen LogP contribution in [0.1, 0.15) is 6.42 Å². The van der Waals surface area contributed by atoms with Gasteiger partial charge in [-0.05, 0) is 24.3 Å². The highest BCUT2D eigenvalue weighted by Crippen LogP contribution is 2.18. The molecule has 0 spiro atoms. The molecule has 0 aliphatic rings. The summed E-state index contributed by atoms with van der Waals surface area (Å²) in [6.07, 6.45) is 0.434. The SMILES string of the molecule is CN(CCC#N)c1ccc(-c2cccc(F)c2)nn1. The van der Waals surface area contributed by atoms with Gasteiger partial charge >= 0.3 is 0 Å². The predicted octanol–water partition coefficient (Wildman–Crippen LogP) is 2.63. The predicted molar refractivity (Wildman–Crippen MR) is 70.9 cm³/mol. The summed E-state index contributed by atoms with van der Waals surface area (Å²) in [5.41, 5.74) is 1.32. The molecule has 2 aromatic rings. The third-order valence-corrected chi connectivity index (χ3v) is 2.72. The molecule has 0 bridgehead atoms. The summed E-state index contributed by atoms with van der Waals surface area (Å²) in [5.74, 6) is 0.393. The highest BCUT2D eigenvalue weighted by molar-refractivity contribution is 5.59. The van der Waals surface area contributed by atoms with Crippen LogP contribution in [0.15, 0.2) is 36.4 Å². The van der Waals surface area contributed by atoms with E-state index in [1.807, 2.05) is 18.0 Å². The van der Waals surface area contributed by atoms with Gasteiger partial charge in [-0.3, -0.25) is 0 Å². The lowest BCUT2D eigenvalue weighted by molar-refractivity contribution is 0.628. The van der Waals surface area contributed by atoms with Crippen molar-refractivity contribution in [2.45, 2.75) is 6.42 Å². The van der Waals surface area contributed by atoms with Crippen LogP contribution in [0.2, 0.25) is 0 Å². The Bertz CT molecular complexity index is 589. The van der Waals surface area contributed by atoms with Crippen LogP contribution in [0, 0.1) is 17.1 Å². The van der Waals surface area contributed by atoms with E-state index in [-0.39, 0.29) is 5.82 Å². The van der Waals surface area contributed by atoms with Gasteiger partial charge in [0.1, 0.15) is 5.82 Å². The average molecular weight is 256 g/mol. The first-order valence-corrected chi connectivity index (χ1v) is 5.88. The minimum Gasteiger partial charge on any atom is -0.357 e. The second kappa shape index (κ2) is 5.91. The molecule has 0 aliphatic carbocycles. The first-order chi connectivity index (χ1) is 9.20. The lowest BCUT2D eigenvalue weighted by atomic mass is 10.1. The van der Waals surface area contributed by atoms with Crippen LogP contribution < -0.4 is 4.90 Å². The third kappa shape index (κ3) is 3.26. The van der Waals surface area contributed by atoms with E-state index in [2.05, 4.69) is 16.3 Å². The summed E-state index contributed by atoms with van der Waals surface area (Å²) in [7, 11) is 1.85. The minimum atomic E-state index is -0.297. The summed E-state index contributed by atoms with van der Waals surface area (Å²) in [5, 5.41) is 16.7. The number of anilines is 1. The van der Waals surface area contributed by atoms with Crippen molar-refractivity contribution in [1.82, 2.24) is 10.2 Å². The van der Waals surface area contributed by atoms with Crippen LogP contribution in [-0.2, 0) is 0 Å². The number of nitriles is 1. The second-order valence-electron chi connectivity index (χ2n) is 4.12. The van der Waals surface area contributed by atoms with E-state index in [1.54, 1.807) is 18.2 Å². The molecule has 0 saturated carbocycles. The fourth-order valence-corrected chi connectivity index (χ4v) is 1.66. The molecular weight excluding hydrogens is 243 g/mol. The quantitative estimate of drug-likeness (QED) is 0.843. The van der Waals surface area contributed by atoms with Crippen molar-refractivity contribution >= 4 is 5.82 Å². The van der Waals surface area contributed by atoms with E-state index in [4.69, 9.17) is 5.26 Å². The van der Waals surface area contributed by atoms with Crippen LogP contribution in [0.4, 0.5) is 10.2 Å². The Morgan fingerprint density at radius 2 is 2.11 bits per heavy atom. The number of benzene rings is 1. The van der Waals surface area contributed by atoms with Gasteiger partial charge in [-0.1, -0.05) is 12.1 Å². The summed E-state index contributed by atoms with van der Waals surface area (Å²) in [6.45, 7) is 0.602. The zero-order chi connectivity index (χ0) is 13.7. The monoisotopic (exact) mass is 256 g/mol. The molecule has 0 N–H and O–H groups in total. The number of rotatable bonds is 4. The van der Waals surface area contributed by atoms with Crippen molar-refractivity contribution in [3.63, 3.8) is 0 Å². The van der Waals surface area contributed by atoms with Gasteiger partial charge < -0.3 is 4.90 Å². The molecule has 1 aromatic heterocycles. The first kappa shape index (κ1) is 13.0. The highest BCUT2D eigenvalue weighted by Gasteiger charge is 2.05. The van der Waals surface area contributed by atoms with Gasteiger partial charge in [0.05, 0.1) is 18.2 Å². The van der Waals surface area contributed by atoms with Crippen molar-refractivity contribution in [2.75, 3.05) is 18.5 Å². The van der Waals surface area contributed by atoms with Gasteiger partial charge in [0.2, 0.25) is 0 Å². The zero-order valence-electron chi connectivity index (χ0n) is 10.5. The molecule has 19 heavy (non-hydrogen) atoms. The van der Waals surface area contributed by atoms with Crippen molar-refractivity contribution in [1.29, 1.82) is 5.26 Å². The molecule has 0 aliphatic heterocycles. The minimum absolute atomic E-state index is 0.297. The Morgan fingerprint density at radius 1 is 1.26 bits per heavy atom. The van der Waals surface area contributed by atoms with Crippen molar-refractivity contribution < 1.29 is 4.39 Å². The second-order valence-corrected chi connectivity index (χ2v) is 4.12. The normalized spacial score (nSPS) is 9.95. The van der Waals surface area contributed by atoms with Crippen LogP contribution in [0.3, 0.4) is 0 Å². The van der Waals surface area contributed by atoms with Gasteiger partial charge in [0.25, 0.3) is 0 Å². The number of nitrogens with zero attached hydrogens (tertiary/aromatic N) is 4. The first-order valence-electron chi connectivity index (χ1n) is 5.88. The average Bonchev–Trinajstić information content (AvgIpc) is 2.45. The number of halogens is 1. The molecule has 4 nitrogen and oxygen atoms in total. The number of hydrogen-bond acceptors (Lipinski definition) is 4. The van der Waals surface area contributed by atoms with Crippen molar-refractivity contribution in [2.24, 2.45) is 0 Å². The Balaban J connectivity index is 2.17. The molecule has 2 rings (SSSR count). The third-order valence-electron chi connectivity index (χ3n) is 2.72. The van der Waals surface area contributed by atoms with Gasteiger partial charge in [0, 0.05) is 19.2 Å². The van der Waals surface area contributed by atoms with Gasteiger partial charge in [0.15, 0.2) is 5.82 Å². The molecule has 0 saturated heterocycles. The summed E-state index contributed by atoms with van der Waals surface area (Å²) in [6, 6.07) is 11.9. The van der Waals surface area contributed by atoms with E-state index in [1.165, 1.54) is 12.1 Å². The van der Waals surface area contributed by atoms with Crippen LogP contribution in [-0.4, -0.2) is 23.8 Å². The van der Waals surface area contributed by atoms with Gasteiger partial charge in [-0.2, -0.15) is 5.26 Å². The Labute approximate surface area is 111 Å². The van der Waals surface area contributed by atoms with Crippen LogP contribution in [0.5, 0.6) is 0 Å². The van der Waals surface area contributed by atoms with E-state index in [0.29, 0.717) is 30.0 Å². The Hall–Kier alpha value is -2.48. The molecular formula is C14H13FN4. The lowest BCUT2D eigenvalue weighted by Gasteiger charge is -2.15. The maximum absolute atomic E-state index is 13.1. The van der Waals surface area contributed by atoms with E-state index < -0.39 is 0 Å². The molecule has 0 fully saturated rings. The van der Waals surface area contributed by atoms with E-state index in [9.17, 15) is 4.39 Å². The summed E-state index contributed by atoms with van der Waals surface area (Å²) < 4.78 is 13.1. The fourth-order valence-electron chi connectivity index (χ4n) is 1.66. The van der Waals surface area contributed by atoms with E-state index in [0.717, 1.165) is 0 Å². The Morgan fingerprint density at radius 3 is 2.74 bits per heavy atom. The maximum Gasteiger partial charge on any atom is 0.151 e. The van der Waals surface area contributed by atoms with Gasteiger partial charge in [-0.15, -0.1) is 10.2 Å². The van der Waals surface area contributed by atoms with Gasteiger partial charge in [-0.25, -0.2) is 4.39 Å². The molecule has 0 unspecified atom stereocenters. The molecule has 96 valence electrons. The Kier molecular flexibility index (Phi) is 4.04. The van der Waals surface area contributed by atoms with E-state index >= 15 is 0 Å². The summed E-state index contributed by atoms with van der Waals surface area (Å²) in [4.78, 5) is 1.85. The number of aromatic nitrogens is 2. The smallest absolute Gasteiger partial charge is 0.151 e. The lowest BCUT2D eigenvalue weighted by Crippen LogP contribution is -2.19. The molecule has 1 heterocycles. The zero-order valence-corrected chi connectivity index (χ0v) is 10.5. The summed E-state index contributed by atoms with van der Waals surface area (Å²) >= 11 is 0. The highest BCUT2D eigenvalue weighted by atomic mass is 19.1. The number of hydrogen-bond donors (Lipinski definition) is 0. The molecule has 0 atom stereocenters. The standard InChI is InChI=1S/C14H13FN4/c1-19(9-3-8-16)14-7-6-13(17-18-14)11-4-2-5-12(15)10-11/h2,4-7,10H,3,9H2,1H3. The van der Waals surface area contributed by atoms with Crippen LogP contribution in [0.25, 0.3) is 11.3 Å². The molecule has 0 amide bonds. The van der Waals surface area contributed by atoms with Crippen molar-refractivity contribution in [3.8, 4) is 17.3 Å². The molecule has 1 aromatic carbocycles. The molecule has 0 radical (unpaired) electrons. The fraction of sp³-hybridized carbons (Fsp3) is 0.214. The maximum atomic E-state index is 13.1. The topological polar surface area (TPSA) is 52.8 Å². The van der Waals surface area contributed by atoms with Crippen LogP contribution >= 0.6 is 0 Å².